The molecule has 1 heterocycles. The molecular weight excluding hydrogens is 192 g/mol. The third kappa shape index (κ3) is 2.44. The van der Waals surface area contributed by atoms with Crippen LogP contribution in [0.1, 0.15) is 32.1 Å². The third-order valence-corrected chi connectivity index (χ3v) is 4.68. The molecule has 2 nitrogen and oxygen atoms in total. The SMILES string of the molecule is NCC1CSCCN1C1CCCCC1. The lowest BCUT2D eigenvalue weighted by molar-refractivity contribution is 0.122. The molecule has 14 heavy (non-hydrogen) atoms. The topological polar surface area (TPSA) is 29.3 Å². The van der Waals surface area contributed by atoms with Crippen molar-refractivity contribution in [2.24, 2.45) is 5.73 Å². The molecule has 0 aromatic carbocycles. The molecule has 1 saturated heterocycles. The van der Waals surface area contributed by atoms with Crippen molar-refractivity contribution in [1.29, 1.82) is 0 Å². The fraction of sp³-hybridized carbons (Fsp3) is 1.00. The molecule has 0 radical (unpaired) electrons. The van der Waals surface area contributed by atoms with E-state index < -0.39 is 0 Å². The molecule has 0 aromatic rings. The molecule has 2 fully saturated rings. The highest BCUT2D eigenvalue weighted by Crippen LogP contribution is 2.27. The van der Waals surface area contributed by atoms with Crippen LogP contribution in [0.5, 0.6) is 0 Å². The van der Waals surface area contributed by atoms with Gasteiger partial charge in [-0.2, -0.15) is 11.8 Å². The first-order chi connectivity index (χ1) is 6.92. The van der Waals surface area contributed by atoms with Crippen LogP contribution in [0.3, 0.4) is 0 Å². The van der Waals surface area contributed by atoms with E-state index in [9.17, 15) is 0 Å². The Morgan fingerprint density at radius 3 is 2.71 bits per heavy atom. The highest BCUT2D eigenvalue weighted by atomic mass is 32.2. The number of thioether (sulfide) groups is 1. The number of rotatable bonds is 2. The fourth-order valence-corrected chi connectivity index (χ4v) is 3.87. The van der Waals surface area contributed by atoms with Crippen LogP contribution in [-0.4, -0.2) is 41.6 Å². The Labute approximate surface area is 91.6 Å². The maximum atomic E-state index is 5.85. The van der Waals surface area contributed by atoms with Gasteiger partial charge in [0, 0.05) is 36.7 Å². The first-order valence-corrected chi connectivity index (χ1v) is 7.11. The van der Waals surface area contributed by atoms with Crippen molar-refractivity contribution < 1.29 is 0 Å². The first kappa shape index (κ1) is 10.8. The molecular formula is C11H22N2S. The summed E-state index contributed by atoms with van der Waals surface area (Å²) in [5.41, 5.74) is 5.85. The van der Waals surface area contributed by atoms with Crippen LogP contribution in [-0.2, 0) is 0 Å². The summed E-state index contributed by atoms with van der Waals surface area (Å²) < 4.78 is 0. The minimum absolute atomic E-state index is 0.664. The zero-order valence-electron chi connectivity index (χ0n) is 8.95. The van der Waals surface area contributed by atoms with E-state index in [1.54, 1.807) is 0 Å². The normalized spacial score (nSPS) is 31.9. The van der Waals surface area contributed by atoms with Gasteiger partial charge in [0.25, 0.3) is 0 Å². The van der Waals surface area contributed by atoms with E-state index in [4.69, 9.17) is 5.73 Å². The van der Waals surface area contributed by atoms with Crippen molar-refractivity contribution in [3.05, 3.63) is 0 Å². The minimum atomic E-state index is 0.664. The van der Waals surface area contributed by atoms with Gasteiger partial charge in [-0.05, 0) is 12.8 Å². The zero-order chi connectivity index (χ0) is 9.80. The average molecular weight is 214 g/mol. The zero-order valence-corrected chi connectivity index (χ0v) is 9.77. The van der Waals surface area contributed by atoms with Gasteiger partial charge in [-0.3, -0.25) is 4.90 Å². The Balaban J connectivity index is 1.91. The molecule has 82 valence electrons. The molecule has 0 aromatic heterocycles. The van der Waals surface area contributed by atoms with E-state index in [1.165, 1.54) is 50.2 Å². The van der Waals surface area contributed by atoms with E-state index >= 15 is 0 Å². The van der Waals surface area contributed by atoms with E-state index in [-0.39, 0.29) is 0 Å². The summed E-state index contributed by atoms with van der Waals surface area (Å²) >= 11 is 2.07. The van der Waals surface area contributed by atoms with Crippen molar-refractivity contribution >= 4 is 11.8 Å². The summed E-state index contributed by atoms with van der Waals surface area (Å²) in [7, 11) is 0. The molecule has 2 aliphatic rings. The molecule has 1 atom stereocenters. The minimum Gasteiger partial charge on any atom is -0.329 e. The number of nitrogens with two attached hydrogens (primary N) is 1. The smallest absolute Gasteiger partial charge is 0.0312 e. The van der Waals surface area contributed by atoms with Gasteiger partial charge in [-0.15, -0.1) is 0 Å². The van der Waals surface area contributed by atoms with E-state index in [1.807, 2.05) is 0 Å². The van der Waals surface area contributed by atoms with Crippen LogP contribution in [0.15, 0.2) is 0 Å². The van der Waals surface area contributed by atoms with Crippen molar-refractivity contribution in [2.75, 3.05) is 24.6 Å². The molecule has 1 aliphatic heterocycles. The molecule has 3 heteroatoms. The van der Waals surface area contributed by atoms with E-state index in [2.05, 4.69) is 16.7 Å². The lowest BCUT2D eigenvalue weighted by atomic mass is 9.93. The van der Waals surface area contributed by atoms with Crippen LogP contribution in [0.4, 0.5) is 0 Å². The predicted molar refractivity (Wildman–Crippen MR) is 63.7 cm³/mol. The van der Waals surface area contributed by atoms with Gasteiger partial charge >= 0.3 is 0 Å². The van der Waals surface area contributed by atoms with E-state index in [0.29, 0.717) is 6.04 Å². The third-order valence-electron chi connectivity index (χ3n) is 3.59. The van der Waals surface area contributed by atoms with Crippen LogP contribution in [0.25, 0.3) is 0 Å². The summed E-state index contributed by atoms with van der Waals surface area (Å²) in [5, 5.41) is 0. The monoisotopic (exact) mass is 214 g/mol. The molecule has 0 bridgehead atoms. The summed E-state index contributed by atoms with van der Waals surface area (Å²) in [6.07, 6.45) is 7.16. The van der Waals surface area contributed by atoms with Crippen molar-refractivity contribution in [3.63, 3.8) is 0 Å². The predicted octanol–water partition coefficient (Wildman–Crippen LogP) is 1.70. The maximum absolute atomic E-state index is 5.85. The van der Waals surface area contributed by atoms with Crippen molar-refractivity contribution in [1.82, 2.24) is 4.90 Å². The second-order valence-electron chi connectivity index (χ2n) is 4.49. The van der Waals surface area contributed by atoms with Gasteiger partial charge in [0.2, 0.25) is 0 Å². The number of hydrogen-bond acceptors (Lipinski definition) is 3. The van der Waals surface area contributed by atoms with Gasteiger partial charge in [0.05, 0.1) is 0 Å². The average Bonchev–Trinajstić information content (AvgIpc) is 2.30. The molecule has 2 N–H and O–H groups in total. The van der Waals surface area contributed by atoms with Gasteiger partial charge in [-0.25, -0.2) is 0 Å². The summed E-state index contributed by atoms with van der Waals surface area (Å²) in [5.74, 6) is 2.57. The number of hydrogen-bond donors (Lipinski definition) is 1. The highest BCUT2D eigenvalue weighted by Gasteiger charge is 2.28. The molecule has 1 aliphatic carbocycles. The van der Waals surface area contributed by atoms with Crippen LogP contribution < -0.4 is 5.73 Å². The number of nitrogens with zero attached hydrogens (tertiary/aromatic N) is 1. The standard InChI is InChI=1S/C11H22N2S/c12-8-11-9-14-7-6-13(11)10-4-2-1-3-5-10/h10-11H,1-9,12H2. The molecule has 1 saturated carbocycles. The quantitative estimate of drug-likeness (QED) is 0.758. The van der Waals surface area contributed by atoms with Crippen LogP contribution in [0.2, 0.25) is 0 Å². The van der Waals surface area contributed by atoms with Crippen LogP contribution in [0, 0.1) is 0 Å². The fourth-order valence-electron chi connectivity index (χ4n) is 2.76. The molecule has 0 amide bonds. The maximum Gasteiger partial charge on any atom is 0.0312 e. The lowest BCUT2D eigenvalue weighted by Gasteiger charge is -2.42. The van der Waals surface area contributed by atoms with Gasteiger partial charge in [0.15, 0.2) is 0 Å². The van der Waals surface area contributed by atoms with Crippen molar-refractivity contribution in [3.8, 4) is 0 Å². The summed E-state index contributed by atoms with van der Waals surface area (Å²) in [6.45, 7) is 2.13. The van der Waals surface area contributed by atoms with Crippen LogP contribution >= 0.6 is 11.8 Å². The van der Waals surface area contributed by atoms with Gasteiger partial charge in [-0.1, -0.05) is 19.3 Å². The first-order valence-electron chi connectivity index (χ1n) is 5.95. The highest BCUT2D eigenvalue weighted by molar-refractivity contribution is 7.99. The second-order valence-corrected chi connectivity index (χ2v) is 5.64. The van der Waals surface area contributed by atoms with Gasteiger partial charge in [0.1, 0.15) is 0 Å². The Hall–Kier alpha value is 0.270. The van der Waals surface area contributed by atoms with Crippen molar-refractivity contribution in [2.45, 2.75) is 44.2 Å². The molecule has 1 unspecified atom stereocenters. The Morgan fingerprint density at radius 1 is 1.21 bits per heavy atom. The molecule has 2 rings (SSSR count). The molecule has 0 spiro atoms. The van der Waals surface area contributed by atoms with Gasteiger partial charge < -0.3 is 5.73 Å². The summed E-state index contributed by atoms with van der Waals surface area (Å²) in [4.78, 5) is 2.70. The Bertz CT molecular complexity index is 169. The Kier molecular flexibility index (Phi) is 4.14. The largest absolute Gasteiger partial charge is 0.329 e. The summed E-state index contributed by atoms with van der Waals surface area (Å²) in [6, 6.07) is 1.52. The Morgan fingerprint density at radius 2 is 2.00 bits per heavy atom. The van der Waals surface area contributed by atoms with E-state index in [0.717, 1.165) is 12.6 Å². The second kappa shape index (κ2) is 5.38. The lowest BCUT2D eigenvalue weighted by Crippen LogP contribution is -2.52.